The van der Waals surface area contributed by atoms with E-state index in [1.54, 1.807) is 17.4 Å². The van der Waals surface area contributed by atoms with E-state index in [-0.39, 0.29) is 11.9 Å². The first kappa shape index (κ1) is 14.0. The van der Waals surface area contributed by atoms with Crippen LogP contribution in [0, 0.1) is 12.7 Å². The molecule has 18 heavy (non-hydrogen) atoms. The van der Waals surface area contributed by atoms with E-state index >= 15 is 0 Å². The summed E-state index contributed by atoms with van der Waals surface area (Å²) in [4.78, 5) is 2.36. The van der Waals surface area contributed by atoms with E-state index < -0.39 is 0 Å². The Morgan fingerprint density at radius 3 is 2.61 bits per heavy atom. The second-order valence-electron chi connectivity index (χ2n) is 3.96. The van der Waals surface area contributed by atoms with E-state index in [2.05, 4.69) is 34.2 Å². The van der Waals surface area contributed by atoms with Crippen molar-refractivity contribution in [2.24, 2.45) is 0 Å². The summed E-state index contributed by atoms with van der Waals surface area (Å²) in [6, 6.07) is 6.53. The third-order valence-corrected chi connectivity index (χ3v) is 5.02. The van der Waals surface area contributed by atoms with Crippen molar-refractivity contribution in [2.75, 3.05) is 7.05 Å². The molecular weight excluding hydrogens is 337 g/mol. The maximum Gasteiger partial charge on any atom is 0.124 e. The molecule has 0 saturated heterocycles. The molecule has 1 heterocycles. The SMILES string of the molecule is CNC(c1ccc(F)cc1Cl)c1sc(C)cc1Br. The Morgan fingerprint density at radius 2 is 2.11 bits per heavy atom. The Morgan fingerprint density at radius 1 is 1.39 bits per heavy atom. The van der Waals surface area contributed by atoms with Crippen molar-refractivity contribution in [3.05, 3.63) is 54.9 Å². The average molecular weight is 349 g/mol. The summed E-state index contributed by atoms with van der Waals surface area (Å²) in [5, 5.41) is 3.66. The Balaban J connectivity index is 2.48. The molecule has 0 fully saturated rings. The van der Waals surface area contributed by atoms with Gasteiger partial charge in [0.1, 0.15) is 5.82 Å². The lowest BCUT2D eigenvalue weighted by Gasteiger charge is -2.17. The van der Waals surface area contributed by atoms with Crippen LogP contribution in [0.5, 0.6) is 0 Å². The summed E-state index contributed by atoms with van der Waals surface area (Å²) >= 11 is 11.4. The molecule has 2 aromatic rings. The van der Waals surface area contributed by atoms with Gasteiger partial charge >= 0.3 is 0 Å². The van der Waals surface area contributed by atoms with Crippen LogP contribution in [0.3, 0.4) is 0 Å². The maximum absolute atomic E-state index is 13.1. The fourth-order valence-corrected chi connectivity index (χ4v) is 4.15. The molecule has 0 amide bonds. The predicted octanol–water partition coefficient (Wildman–Crippen LogP) is 4.92. The zero-order valence-electron chi connectivity index (χ0n) is 9.93. The summed E-state index contributed by atoms with van der Waals surface area (Å²) in [6.45, 7) is 2.05. The summed E-state index contributed by atoms with van der Waals surface area (Å²) < 4.78 is 14.1. The van der Waals surface area contributed by atoms with E-state index in [1.165, 1.54) is 17.0 Å². The highest BCUT2D eigenvalue weighted by Gasteiger charge is 2.20. The van der Waals surface area contributed by atoms with Crippen molar-refractivity contribution in [1.82, 2.24) is 5.32 Å². The summed E-state index contributed by atoms with van der Waals surface area (Å²) in [7, 11) is 1.87. The predicted molar refractivity (Wildman–Crippen MR) is 79.1 cm³/mol. The third-order valence-electron chi connectivity index (χ3n) is 2.66. The van der Waals surface area contributed by atoms with E-state index in [9.17, 15) is 4.39 Å². The molecule has 0 aliphatic rings. The van der Waals surface area contributed by atoms with E-state index in [4.69, 9.17) is 11.6 Å². The van der Waals surface area contributed by atoms with Crippen molar-refractivity contribution in [2.45, 2.75) is 13.0 Å². The number of hydrogen-bond acceptors (Lipinski definition) is 2. The normalized spacial score (nSPS) is 12.7. The molecule has 0 aliphatic heterocycles. The highest BCUT2D eigenvalue weighted by molar-refractivity contribution is 9.10. The van der Waals surface area contributed by atoms with Gasteiger partial charge in [-0.1, -0.05) is 17.7 Å². The molecule has 0 radical (unpaired) electrons. The molecule has 96 valence electrons. The van der Waals surface area contributed by atoms with E-state index in [0.29, 0.717) is 5.02 Å². The molecule has 1 aromatic carbocycles. The lowest BCUT2D eigenvalue weighted by Crippen LogP contribution is -2.17. The number of rotatable bonds is 3. The van der Waals surface area contributed by atoms with E-state index in [0.717, 1.165) is 14.9 Å². The molecule has 5 heteroatoms. The molecular formula is C13H12BrClFNS. The minimum Gasteiger partial charge on any atom is -0.309 e. The van der Waals surface area contributed by atoms with Gasteiger partial charge in [-0.05, 0) is 53.7 Å². The lowest BCUT2D eigenvalue weighted by atomic mass is 10.1. The number of halogens is 3. The van der Waals surface area contributed by atoms with Crippen LogP contribution in [0.1, 0.15) is 21.4 Å². The van der Waals surface area contributed by atoms with Gasteiger partial charge in [0, 0.05) is 19.2 Å². The fourth-order valence-electron chi connectivity index (χ4n) is 1.86. The van der Waals surface area contributed by atoms with Crippen LogP contribution in [0.2, 0.25) is 5.02 Å². The van der Waals surface area contributed by atoms with Gasteiger partial charge in [-0.2, -0.15) is 0 Å². The van der Waals surface area contributed by atoms with Crippen molar-refractivity contribution in [3.63, 3.8) is 0 Å². The van der Waals surface area contributed by atoms with Crippen LogP contribution < -0.4 is 5.32 Å². The summed E-state index contributed by atoms with van der Waals surface area (Å²) in [5.41, 5.74) is 0.878. The van der Waals surface area contributed by atoms with Crippen molar-refractivity contribution in [1.29, 1.82) is 0 Å². The van der Waals surface area contributed by atoms with Crippen LogP contribution in [0.15, 0.2) is 28.7 Å². The van der Waals surface area contributed by atoms with Crippen LogP contribution in [-0.2, 0) is 0 Å². The molecule has 0 aliphatic carbocycles. The molecule has 2 rings (SSSR count). The van der Waals surface area contributed by atoms with Gasteiger partial charge in [0.25, 0.3) is 0 Å². The Hall–Kier alpha value is -0.420. The maximum atomic E-state index is 13.1. The van der Waals surface area contributed by atoms with Gasteiger partial charge < -0.3 is 5.32 Å². The van der Waals surface area contributed by atoms with Crippen LogP contribution >= 0.6 is 38.9 Å². The zero-order valence-corrected chi connectivity index (χ0v) is 13.1. The zero-order chi connectivity index (χ0) is 13.3. The number of thiophene rings is 1. The molecule has 1 unspecified atom stereocenters. The topological polar surface area (TPSA) is 12.0 Å². The third kappa shape index (κ3) is 2.77. The molecule has 0 saturated carbocycles. The highest BCUT2D eigenvalue weighted by atomic mass is 79.9. The van der Waals surface area contributed by atoms with Crippen LogP contribution in [-0.4, -0.2) is 7.05 Å². The second-order valence-corrected chi connectivity index (χ2v) is 6.51. The minimum absolute atomic E-state index is 0.0359. The molecule has 0 spiro atoms. The quantitative estimate of drug-likeness (QED) is 0.830. The number of hydrogen-bond donors (Lipinski definition) is 1. The van der Waals surface area contributed by atoms with Gasteiger partial charge in [-0.3, -0.25) is 0 Å². The van der Waals surface area contributed by atoms with Crippen molar-refractivity contribution < 1.29 is 4.39 Å². The molecule has 1 atom stereocenters. The largest absolute Gasteiger partial charge is 0.309 e. The summed E-state index contributed by atoms with van der Waals surface area (Å²) in [6.07, 6.45) is 0. The first-order chi connectivity index (χ1) is 8.52. The molecule has 1 nitrogen and oxygen atoms in total. The Bertz CT molecular complexity index is 570. The summed E-state index contributed by atoms with van der Waals surface area (Å²) in [5.74, 6) is -0.319. The first-order valence-corrected chi connectivity index (χ1v) is 7.39. The molecule has 0 bridgehead atoms. The van der Waals surface area contributed by atoms with Gasteiger partial charge in [0.05, 0.1) is 6.04 Å². The number of nitrogens with one attached hydrogen (secondary N) is 1. The number of benzene rings is 1. The Labute approximate surface area is 123 Å². The first-order valence-electron chi connectivity index (χ1n) is 5.41. The monoisotopic (exact) mass is 347 g/mol. The minimum atomic E-state index is -0.319. The van der Waals surface area contributed by atoms with Gasteiger partial charge in [-0.15, -0.1) is 11.3 Å². The van der Waals surface area contributed by atoms with Gasteiger partial charge in [0.15, 0.2) is 0 Å². The van der Waals surface area contributed by atoms with Gasteiger partial charge in [-0.25, -0.2) is 4.39 Å². The molecule has 1 N–H and O–H groups in total. The second kappa shape index (κ2) is 5.70. The average Bonchev–Trinajstić information content (AvgIpc) is 2.62. The van der Waals surface area contributed by atoms with E-state index in [1.807, 2.05) is 7.05 Å². The smallest absolute Gasteiger partial charge is 0.124 e. The lowest BCUT2D eigenvalue weighted by molar-refractivity contribution is 0.624. The van der Waals surface area contributed by atoms with Crippen molar-refractivity contribution in [3.8, 4) is 0 Å². The van der Waals surface area contributed by atoms with Crippen LogP contribution in [0.4, 0.5) is 4.39 Å². The Kier molecular flexibility index (Phi) is 4.43. The van der Waals surface area contributed by atoms with Crippen LogP contribution in [0.25, 0.3) is 0 Å². The molecule has 1 aromatic heterocycles. The number of aryl methyl sites for hydroxylation is 1. The van der Waals surface area contributed by atoms with Gasteiger partial charge in [0.2, 0.25) is 0 Å². The fraction of sp³-hybridized carbons (Fsp3) is 0.231. The van der Waals surface area contributed by atoms with Crippen molar-refractivity contribution >= 4 is 38.9 Å². The highest BCUT2D eigenvalue weighted by Crippen LogP contribution is 2.37. The standard InChI is InChI=1S/C13H12BrClFNS/c1-7-5-10(14)13(18-7)12(17-2)9-4-3-8(16)6-11(9)15/h3-6,12,17H,1-2H3.